The van der Waals surface area contributed by atoms with E-state index in [4.69, 9.17) is 10.5 Å². The second-order valence-corrected chi connectivity index (χ2v) is 7.74. The molecule has 3 rings (SSSR count). The average molecular weight is 347 g/mol. The Morgan fingerprint density at radius 3 is 2.52 bits per heavy atom. The predicted octanol–water partition coefficient (Wildman–Crippen LogP) is 3.78. The number of halogens is 1. The van der Waals surface area contributed by atoms with Gasteiger partial charge in [0.1, 0.15) is 19.0 Å². The van der Waals surface area contributed by atoms with E-state index in [-0.39, 0.29) is 30.1 Å². The maximum atomic E-state index is 12.8. The van der Waals surface area contributed by atoms with E-state index in [1.54, 1.807) is 6.07 Å². The first kappa shape index (κ1) is 17.9. The van der Waals surface area contributed by atoms with Gasteiger partial charge in [0.25, 0.3) is 0 Å². The predicted molar refractivity (Wildman–Crippen MR) is 93.5 cm³/mol. The number of ketones is 1. The Morgan fingerprint density at radius 1 is 1.24 bits per heavy atom. The summed E-state index contributed by atoms with van der Waals surface area (Å²) in [5, 5.41) is 0. The molecule has 1 aromatic carbocycles. The minimum Gasteiger partial charge on any atom is -0.491 e. The summed E-state index contributed by atoms with van der Waals surface area (Å²) in [7, 11) is 0. The molecular weight excluding hydrogens is 321 g/mol. The molecule has 0 bridgehead atoms. The van der Waals surface area contributed by atoms with Crippen LogP contribution in [0, 0.1) is 11.3 Å². The zero-order valence-corrected chi connectivity index (χ0v) is 14.7. The molecule has 0 unspecified atom stereocenters. The fourth-order valence-corrected chi connectivity index (χ4v) is 3.71. The van der Waals surface area contributed by atoms with Crippen LogP contribution in [0.25, 0.3) is 0 Å². The highest BCUT2D eigenvalue weighted by molar-refractivity contribution is 5.97. The Hall–Kier alpha value is -1.91. The van der Waals surface area contributed by atoms with Crippen LogP contribution in [0.3, 0.4) is 0 Å². The van der Waals surface area contributed by atoms with Crippen LogP contribution in [-0.2, 0) is 4.79 Å². The van der Waals surface area contributed by atoms with Gasteiger partial charge in [0, 0.05) is 18.4 Å². The van der Waals surface area contributed by atoms with Crippen molar-refractivity contribution in [2.45, 2.75) is 51.4 Å². The number of carbonyl (C=O) groups is 2. The van der Waals surface area contributed by atoms with Crippen molar-refractivity contribution in [3.63, 3.8) is 0 Å². The highest BCUT2D eigenvalue weighted by Crippen LogP contribution is 2.50. The van der Waals surface area contributed by atoms with Crippen LogP contribution in [0.4, 0.5) is 4.39 Å². The van der Waals surface area contributed by atoms with E-state index in [9.17, 15) is 14.0 Å². The maximum absolute atomic E-state index is 12.8. The van der Waals surface area contributed by atoms with E-state index < -0.39 is 6.67 Å². The lowest BCUT2D eigenvalue weighted by molar-refractivity contribution is -0.120. The Bertz CT molecular complexity index is 667. The van der Waals surface area contributed by atoms with Crippen molar-refractivity contribution in [2.24, 2.45) is 17.1 Å². The van der Waals surface area contributed by atoms with Crippen molar-refractivity contribution in [2.75, 3.05) is 13.3 Å². The number of benzene rings is 1. The molecule has 1 aromatic rings. The summed E-state index contributed by atoms with van der Waals surface area (Å²) >= 11 is 0. The van der Waals surface area contributed by atoms with Gasteiger partial charge in [-0.05, 0) is 54.6 Å². The van der Waals surface area contributed by atoms with E-state index in [1.165, 1.54) is 0 Å². The number of amides is 1. The Kier molecular flexibility index (Phi) is 5.11. The summed E-state index contributed by atoms with van der Waals surface area (Å²) < 4.78 is 18.0. The first-order valence-corrected chi connectivity index (χ1v) is 9.07. The minimum absolute atomic E-state index is 0.00116. The topological polar surface area (TPSA) is 69.4 Å². The number of nitrogens with two attached hydrogens (primary N) is 1. The molecule has 2 aliphatic rings. The van der Waals surface area contributed by atoms with Gasteiger partial charge in [-0.3, -0.25) is 9.59 Å². The number of primary amides is 1. The Balaban J connectivity index is 1.77. The van der Waals surface area contributed by atoms with E-state index in [1.807, 2.05) is 19.1 Å². The maximum Gasteiger partial charge on any atom is 0.217 e. The highest BCUT2D eigenvalue weighted by atomic mass is 19.1. The van der Waals surface area contributed by atoms with Crippen molar-refractivity contribution in [1.29, 1.82) is 0 Å². The molecule has 0 radical (unpaired) electrons. The molecule has 0 saturated heterocycles. The molecule has 2 aliphatic carbocycles. The third kappa shape index (κ3) is 4.39. The Labute approximate surface area is 147 Å². The van der Waals surface area contributed by atoms with Crippen LogP contribution in [0.1, 0.15) is 67.3 Å². The van der Waals surface area contributed by atoms with Crippen LogP contribution < -0.4 is 10.5 Å². The number of alkyl halides is 1. The third-order valence-electron chi connectivity index (χ3n) is 5.39. The minimum atomic E-state index is -0.555. The number of rotatable bonds is 10. The van der Waals surface area contributed by atoms with Crippen molar-refractivity contribution >= 4 is 11.7 Å². The number of Topliss-reactive ketones (excluding diaryl/α,β-unsaturated/α-hetero) is 1. The molecule has 2 N–H and O–H groups in total. The fraction of sp³-hybridized carbons (Fsp3) is 0.600. The number of carbonyl (C=O) groups excluding carboxylic acids is 2. The van der Waals surface area contributed by atoms with E-state index in [0.29, 0.717) is 29.6 Å². The second-order valence-electron chi connectivity index (χ2n) is 7.74. The molecular formula is C20H26FNO3. The molecule has 2 fully saturated rings. The summed E-state index contributed by atoms with van der Waals surface area (Å²) in [5.41, 5.74) is 6.64. The molecule has 0 aromatic heterocycles. The van der Waals surface area contributed by atoms with Crippen molar-refractivity contribution in [3.05, 3.63) is 29.3 Å². The number of ether oxygens (including phenoxy) is 1. The van der Waals surface area contributed by atoms with Crippen molar-refractivity contribution < 1.29 is 18.7 Å². The molecule has 136 valence electrons. The zero-order valence-electron chi connectivity index (χ0n) is 14.7. The van der Waals surface area contributed by atoms with Crippen LogP contribution in [0.2, 0.25) is 0 Å². The lowest BCUT2D eigenvalue weighted by Crippen LogP contribution is -2.30. The fourth-order valence-electron chi connectivity index (χ4n) is 3.71. The van der Waals surface area contributed by atoms with Gasteiger partial charge in [0.15, 0.2) is 5.78 Å². The molecule has 1 atom stereocenters. The van der Waals surface area contributed by atoms with E-state index in [0.717, 1.165) is 31.2 Å². The van der Waals surface area contributed by atoms with Gasteiger partial charge in [0.05, 0.1) is 0 Å². The van der Waals surface area contributed by atoms with Gasteiger partial charge in [0.2, 0.25) is 5.91 Å². The third-order valence-corrected chi connectivity index (χ3v) is 5.39. The van der Waals surface area contributed by atoms with Gasteiger partial charge in [-0.15, -0.1) is 0 Å². The van der Waals surface area contributed by atoms with Crippen LogP contribution >= 0.6 is 0 Å². The van der Waals surface area contributed by atoms with Crippen molar-refractivity contribution in [3.8, 4) is 5.75 Å². The number of hydrogen-bond acceptors (Lipinski definition) is 3. The summed E-state index contributed by atoms with van der Waals surface area (Å²) in [4.78, 5) is 24.2. The normalized spacial score (nSPS) is 19.3. The average Bonchev–Trinajstić information content (AvgIpc) is 3.43. The van der Waals surface area contributed by atoms with E-state index >= 15 is 0 Å². The van der Waals surface area contributed by atoms with Crippen LogP contribution in [-0.4, -0.2) is 25.0 Å². The molecule has 4 nitrogen and oxygen atoms in total. The van der Waals surface area contributed by atoms with Crippen LogP contribution in [0.15, 0.2) is 18.2 Å². The lowest BCUT2D eigenvalue weighted by atomic mass is 9.76. The SMILES string of the molecule is C[C@](CC(N)=O)(CC(=O)c1ccc(C2CC2)c(OCCF)c1)C1CC1. The van der Waals surface area contributed by atoms with Gasteiger partial charge >= 0.3 is 0 Å². The molecule has 0 aliphatic heterocycles. The first-order valence-electron chi connectivity index (χ1n) is 9.07. The summed E-state index contributed by atoms with van der Waals surface area (Å²) in [6.45, 7) is 1.42. The summed E-state index contributed by atoms with van der Waals surface area (Å²) in [6.07, 6.45) is 4.83. The quantitative estimate of drug-likeness (QED) is 0.655. The van der Waals surface area contributed by atoms with Gasteiger partial charge in [-0.1, -0.05) is 19.1 Å². The van der Waals surface area contributed by atoms with Gasteiger partial charge < -0.3 is 10.5 Å². The largest absolute Gasteiger partial charge is 0.491 e. The van der Waals surface area contributed by atoms with Crippen molar-refractivity contribution in [1.82, 2.24) is 0 Å². The monoisotopic (exact) mass is 347 g/mol. The lowest BCUT2D eigenvalue weighted by Gasteiger charge is -2.27. The molecule has 1 amide bonds. The van der Waals surface area contributed by atoms with Gasteiger partial charge in [-0.2, -0.15) is 0 Å². The summed E-state index contributed by atoms with van der Waals surface area (Å²) in [6, 6.07) is 5.50. The molecule has 25 heavy (non-hydrogen) atoms. The molecule has 2 saturated carbocycles. The van der Waals surface area contributed by atoms with Crippen LogP contribution in [0.5, 0.6) is 5.75 Å². The summed E-state index contributed by atoms with van der Waals surface area (Å²) in [5.74, 6) is 1.10. The Morgan fingerprint density at radius 2 is 1.96 bits per heavy atom. The first-order chi connectivity index (χ1) is 11.9. The highest BCUT2D eigenvalue weighted by Gasteiger charge is 2.43. The molecule has 0 heterocycles. The number of hydrogen-bond donors (Lipinski definition) is 1. The molecule has 0 spiro atoms. The van der Waals surface area contributed by atoms with Gasteiger partial charge in [-0.25, -0.2) is 4.39 Å². The smallest absolute Gasteiger partial charge is 0.217 e. The molecule has 5 heteroatoms. The standard InChI is InChI=1S/C20H26FNO3/c1-20(12-19(22)24,15-5-6-15)11-17(23)14-4-7-16(13-2-3-13)18(10-14)25-9-8-21/h4,7,10,13,15H,2-3,5-6,8-9,11-12H2,1H3,(H2,22,24)/t20-/m1/s1. The zero-order chi connectivity index (χ0) is 18.0. The second kappa shape index (κ2) is 7.14. The van der Waals surface area contributed by atoms with E-state index in [2.05, 4.69) is 0 Å².